The summed E-state index contributed by atoms with van der Waals surface area (Å²) in [4.78, 5) is 14.0. The number of nitrogens with zero attached hydrogens (tertiary/aromatic N) is 1. The zero-order valence-corrected chi connectivity index (χ0v) is 9.64. The first kappa shape index (κ1) is 11.4. The molecule has 1 fully saturated rings. The normalized spacial score (nSPS) is 15.6. The molecule has 0 bridgehead atoms. The van der Waals surface area contributed by atoms with E-state index in [1.165, 1.54) is 0 Å². The lowest BCUT2D eigenvalue weighted by molar-refractivity contribution is -0.130. The number of amides is 1. The second-order valence-corrected chi connectivity index (χ2v) is 4.84. The third kappa shape index (κ3) is 3.62. The van der Waals surface area contributed by atoms with Crippen LogP contribution in [0, 0.1) is 5.92 Å². The maximum atomic E-state index is 11.7. The van der Waals surface area contributed by atoms with Crippen molar-refractivity contribution in [2.45, 2.75) is 39.2 Å². The average Bonchev–Trinajstić information content (AvgIpc) is 2.80. The number of nitrogens with two attached hydrogens (primary N) is 1. The zero-order chi connectivity index (χ0) is 10.7. The predicted molar refractivity (Wildman–Crippen MR) is 61.0 cm³/mol. The van der Waals surface area contributed by atoms with Crippen molar-refractivity contribution in [3.05, 3.63) is 0 Å². The van der Waals surface area contributed by atoms with Gasteiger partial charge in [0.2, 0.25) is 5.91 Å². The summed E-state index contributed by atoms with van der Waals surface area (Å²) in [6.07, 6.45) is 2.49. The molecule has 0 saturated heterocycles. The van der Waals surface area contributed by atoms with Gasteiger partial charge in [0, 0.05) is 12.6 Å². The van der Waals surface area contributed by atoms with Crippen LogP contribution in [0.15, 0.2) is 0 Å². The molecule has 3 nitrogen and oxygen atoms in total. The van der Waals surface area contributed by atoms with Gasteiger partial charge in [-0.05, 0) is 18.8 Å². The van der Waals surface area contributed by atoms with Crippen LogP contribution in [0.2, 0.25) is 0 Å². The maximum Gasteiger partial charge on any atom is 0.229 e. The highest BCUT2D eigenvalue weighted by molar-refractivity contribution is 7.80. The topological polar surface area (TPSA) is 46.3 Å². The van der Waals surface area contributed by atoms with Gasteiger partial charge in [-0.2, -0.15) is 0 Å². The van der Waals surface area contributed by atoms with E-state index in [-0.39, 0.29) is 12.3 Å². The second kappa shape index (κ2) is 4.73. The van der Waals surface area contributed by atoms with E-state index >= 15 is 0 Å². The van der Waals surface area contributed by atoms with E-state index in [1.54, 1.807) is 0 Å². The third-order valence-corrected chi connectivity index (χ3v) is 2.34. The van der Waals surface area contributed by atoms with Crippen LogP contribution in [0.3, 0.4) is 0 Å². The molecule has 80 valence electrons. The molecule has 14 heavy (non-hydrogen) atoms. The summed E-state index contributed by atoms with van der Waals surface area (Å²) < 4.78 is 0. The standard InChI is InChI=1S/C10H18N2OS/c1-7(2)6-12(8-3-4-8)10(13)5-9(11)14/h7-8H,3-6H2,1-2H3,(H2,11,14). The van der Waals surface area contributed by atoms with Crippen molar-refractivity contribution in [2.24, 2.45) is 11.7 Å². The Hall–Kier alpha value is -0.640. The lowest BCUT2D eigenvalue weighted by Gasteiger charge is -2.24. The quantitative estimate of drug-likeness (QED) is 0.702. The zero-order valence-electron chi connectivity index (χ0n) is 8.82. The Morgan fingerprint density at radius 1 is 1.57 bits per heavy atom. The Bertz CT molecular complexity index is 236. The average molecular weight is 214 g/mol. The van der Waals surface area contributed by atoms with Gasteiger partial charge in [-0.3, -0.25) is 4.79 Å². The van der Waals surface area contributed by atoms with Gasteiger partial charge < -0.3 is 10.6 Å². The molecule has 0 aromatic carbocycles. The first-order valence-electron chi connectivity index (χ1n) is 5.08. The minimum atomic E-state index is 0.0914. The second-order valence-electron chi connectivity index (χ2n) is 4.31. The van der Waals surface area contributed by atoms with E-state index < -0.39 is 0 Å². The summed E-state index contributed by atoms with van der Waals surface area (Å²) in [6.45, 7) is 5.05. The van der Waals surface area contributed by atoms with Gasteiger partial charge in [-0.25, -0.2) is 0 Å². The Morgan fingerprint density at radius 2 is 2.14 bits per heavy atom. The first-order valence-corrected chi connectivity index (χ1v) is 5.49. The number of rotatable bonds is 5. The van der Waals surface area contributed by atoms with Gasteiger partial charge >= 0.3 is 0 Å². The highest BCUT2D eigenvalue weighted by Gasteiger charge is 2.32. The highest BCUT2D eigenvalue weighted by Crippen LogP contribution is 2.28. The van der Waals surface area contributed by atoms with Crippen molar-refractivity contribution in [1.29, 1.82) is 0 Å². The van der Waals surface area contributed by atoms with E-state index in [9.17, 15) is 4.79 Å². The molecule has 0 atom stereocenters. The van der Waals surface area contributed by atoms with Crippen LogP contribution in [0.5, 0.6) is 0 Å². The molecule has 0 unspecified atom stereocenters. The molecular formula is C10H18N2OS. The van der Waals surface area contributed by atoms with Crippen LogP contribution < -0.4 is 5.73 Å². The van der Waals surface area contributed by atoms with Gasteiger partial charge in [-0.15, -0.1) is 0 Å². The molecule has 0 aliphatic heterocycles. The van der Waals surface area contributed by atoms with Gasteiger partial charge in [0.25, 0.3) is 0 Å². The molecule has 1 aliphatic rings. The minimum Gasteiger partial charge on any atom is -0.393 e. The fourth-order valence-electron chi connectivity index (χ4n) is 1.48. The van der Waals surface area contributed by atoms with E-state index in [0.29, 0.717) is 16.9 Å². The lowest BCUT2D eigenvalue weighted by Crippen LogP contribution is -2.37. The molecule has 0 radical (unpaired) electrons. The highest BCUT2D eigenvalue weighted by atomic mass is 32.1. The minimum absolute atomic E-state index is 0.0914. The number of hydrogen-bond acceptors (Lipinski definition) is 2. The Morgan fingerprint density at radius 3 is 2.50 bits per heavy atom. The summed E-state index contributed by atoms with van der Waals surface area (Å²) in [5, 5.41) is 0. The van der Waals surface area contributed by atoms with Crippen molar-refractivity contribution in [3.63, 3.8) is 0 Å². The number of thiocarbonyl (C=S) groups is 1. The Labute approximate surface area is 90.6 Å². The van der Waals surface area contributed by atoms with Crippen molar-refractivity contribution in [1.82, 2.24) is 4.90 Å². The monoisotopic (exact) mass is 214 g/mol. The molecule has 2 N–H and O–H groups in total. The van der Waals surface area contributed by atoms with E-state index in [2.05, 4.69) is 13.8 Å². The number of hydrogen-bond donors (Lipinski definition) is 1. The van der Waals surface area contributed by atoms with Crippen LogP contribution >= 0.6 is 12.2 Å². The molecule has 1 saturated carbocycles. The smallest absolute Gasteiger partial charge is 0.229 e. The van der Waals surface area contributed by atoms with Crippen LogP contribution in [0.1, 0.15) is 33.1 Å². The van der Waals surface area contributed by atoms with Crippen molar-refractivity contribution >= 4 is 23.1 Å². The molecule has 0 aromatic rings. The largest absolute Gasteiger partial charge is 0.393 e. The summed E-state index contributed by atoms with van der Waals surface area (Å²) in [5.74, 6) is 0.597. The van der Waals surface area contributed by atoms with Crippen LogP contribution in [-0.2, 0) is 4.79 Å². The third-order valence-electron chi connectivity index (χ3n) is 2.20. The Balaban J connectivity index is 2.48. The molecule has 0 aromatic heterocycles. The predicted octanol–water partition coefficient (Wildman–Crippen LogP) is 1.31. The molecular weight excluding hydrogens is 196 g/mol. The fraction of sp³-hybridized carbons (Fsp3) is 0.800. The van der Waals surface area contributed by atoms with Gasteiger partial charge in [0.15, 0.2) is 0 Å². The van der Waals surface area contributed by atoms with Gasteiger partial charge in [0.05, 0.1) is 11.4 Å². The molecule has 0 heterocycles. The molecule has 0 spiro atoms. The first-order chi connectivity index (χ1) is 6.50. The molecule has 1 rings (SSSR count). The number of carbonyl (C=O) groups excluding carboxylic acids is 1. The summed E-state index contributed by atoms with van der Waals surface area (Å²) in [7, 11) is 0. The Kier molecular flexibility index (Phi) is 3.86. The van der Waals surface area contributed by atoms with Crippen molar-refractivity contribution in [3.8, 4) is 0 Å². The van der Waals surface area contributed by atoms with Crippen molar-refractivity contribution in [2.75, 3.05) is 6.54 Å². The molecule has 1 amide bonds. The van der Waals surface area contributed by atoms with Crippen molar-refractivity contribution < 1.29 is 4.79 Å². The maximum absolute atomic E-state index is 11.7. The van der Waals surface area contributed by atoms with Crippen LogP contribution in [0.25, 0.3) is 0 Å². The van der Waals surface area contributed by atoms with E-state index in [4.69, 9.17) is 18.0 Å². The van der Waals surface area contributed by atoms with E-state index in [1.807, 2.05) is 4.90 Å². The lowest BCUT2D eigenvalue weighted by atomic mass is 10.2. The molecule has 4 heteroatoms. The fourth-order valence-corrected chi connectivity index (χ4v) is 1.61. The summed E-state index contributed by atoms with van der Waals surface area (Å²) in [6, 6.07) is 0.458. The summed E-state index contributed by atoms with van der Waals surface area (Å²) in [5.41, 5.74) is 5.37. The summed E-state index contributed by atoms with van der Waals surface area (Å²) >= 11 is 4.74. The van der Waals surface area contributed by atoms with Gasteiger partial charge in [-0.1, -0.05) is 26.1 Å². The SMILES string of the molecule is CC(C)CN(C(=O)CC(N)=S)C1CC1. The van der Waals surface area contributed by atoms with Gasteiger partial charge in [0.1, 0.15) is 0 Å². The van der Waals surface area contributed by atoms with Crippen LogP contribution in [-0.4, -0.2) is 28.4 Å². The number of carbonyl (C=O) groups is 1. The van der Waals surface area contributed by atoms with Crippen LogP contribution in [0.4, 0.5) is 0 Å². The molecule has 1 aliphatic carbocycles. The van der Waals surface area contributed by atoms with E-state index in [0.717, 1.165) is 19.4 Å².